The van der Waals surface area contributed by atoms with Crippen molar-refractivity contribution in [2.75, 3.05) is 0 Å². The fourth-order valence-corrected chi connectivity index (χ4v) is 8.67. The number of rotatable bonds is 7. The molecule has 0 aliphatic rings. The largest absolute Gasteiger partial charge is 0.332 e. The van der Waals surface area contributed by atoms with E-state index in [-0.39, 0.29) is 31.2 Å². The van der Waals surface area contributed by atoms with Crippen LogP contribution in [-0.4, -0.2) is 14.5 Å². The maximum absolute atomic E-state index is 7.28. The smallest absolute Gasteiger partial charge is 0.0774 e. The quantitative estimate of drug-likeness (QED) is 0.149. The molecule has 3 nitrogen and oxygen atoms in total. The van der Waals surface area contributed by atoms with Crippen molar-refractivity contribution in [1.29, 1.82) is 0 Å². The monoisotopic (exact) mass is 1010 g/mol. The Labute approximate surface area is 394 Å². The molecule has 0 spiro atoms. The second-order valence-corrected chi connectivity index (χ2v) is 15.7. The summed E-state index contributed by atoms with van der Waals surface area (Å²) in [7, 11) is 0. The van der Waals surface area contributed by atoms with Gasteiger partial charge in [0.1, 0.15) is 0 Å². The number of hydrogen-bond donors (Lipinski definition) is 0. The summed E-state index contributed by atoms with van der Waals surface area (Å²) >= 11 is 1.65. The van der Waals surface area contributed by atoms with E-state index < -0.39 is 13.7 Å². The van der Waals surface area contributed by atoms with Gasteiger partial charge in [-0.2, -0.15) is 0 Å². The summed E-state index contributed by atoms with van der Waals surface area (Å²) in [6, 6.07) is 73.0. The standard InChI is InChI=1S/C45H29N2S.C13H12N.Ir/c1-4-13-31(14-5-1)32-23-25-33(26-24-32)36-27-28-43-39(29-36)40(30-48-43)45-46-41-21-10-11-22-42(41)47(45)44-37(34-15-6-2-7-16-34)19-12-20-38(44)35-17-8-3-9-18-35;1-10-3-6-12(7-4-10)13-8-5-11(2)9-14-13;/h1-29H;3-6,8-9H,1-2H3;/q2*-1;/i;1D3,2D3;. The summed E-state index contributed by atoms with van der Waals surface area (Å²) in [6.45, 7) is -4.34. The van der Waals surface area contributed by atoms with Gasteiger partial charge in [0.15, 0.2) is 0 Å². The van der Waals surface area contributed by atoms with E-state index in [0.29, 0.717) is 11.3 Å². The summed E-state index contributed by atoms with van der Waals surface area (Å²) in [5.41, 5.74) is 15.1. The SMILES string of the molecule is [2H]C([2H])([2H])c1c[c-]c(-c2ccc(C([2H])([2H])[2H])cn2)cc1.[Ir].[c-]1sc2ccc(-c3ccc(-c4ccccc4)cc3)cc2c1-c1nc2ccccc2n1-c1c(-c2ccccc2)cccc1-c1ccccc1. The third-order valence-corrected chi connectivity index (χ3v) is 11.8. The molecule has 5 heteroatoms. The molecule has 0 amide bonds. The van der Waals surface area contributed by atoms with Crippen LogP contribution in [0.3, 0.4) is 0 Å². The van der Waals surface area contributed by atoms with E-state index in [1.54, 1.807) is 23.5 Å². The van der Waals surface area contributed by atoms with Crippen LogP contribution in [0.5, 0.6) is 0 Å². The van der Waals surface area contributed by atoms with Crippen molar-refractivity contribution >= 4 is 32.5 Å². The van der Waals surface area contributed by atoms with Crippen molar-refractivity contribution in [2.24, 2.45) is 0 Å². The number of hydrogen-bond acceptors (Lipinski definition) is 3. The number of aromatic nitrogens is 3. The van der Waals surface area contributed by atoms with E-state index >= 15 is 0 Å². The number of benzene rings is 8. The Kier molecular flexibility index (Phi) is 10.2. The maximum Gasteiger partial charge on any atom is 0.0774 e. The average Bonchev–Trinajstić information content (AvgIpc) is 3.98. The molecule has 11 aromatic rings. The molecule has 0 N–H and O–H groups in total. The van der Waals surface area contributed by atoms with E-state index in [1.165, 1.54) is 51.3 Å². The van der Waals surface area contributed by atoms with Crippen LogP contribution in [0.4, 0.5) is 0 Å². The second kappa shape index (κ2) is 18.5. The molecule has 0 unspecified atom stereocenters. The number of imidazole rings is 1. The van der Waals surface area contributed by atoms with E-state index in [2.05, 4.69) is 197 Å². The van der Waals surface area contributed by atoms with Gasteiger partial charge in [0.2, 0.25) is 0 Å². The zero-order valence-corrected chi connectivity index (χ0v) is 37.0. The van der Waals surface area contributed by atoms with Gasteiger partial charge < -0.3 is 9.55 Å². The van der Waals surface area contributed by atoms with Crippen LogP contribution < -0.4 is 0 Å². The topological polar surface area (TPSA) is 30.7 Å². The summed E-state index contributed by atoms with van der Waals surface area (Å²) in [6.07, 6.45) is 1.30. The van der Waals surface area contributed by atoms with Gasteiger partial charge in [0, 0.05) is 45.7 Å². The first kappa shape index (κ1) is 34.6. The molecule has 1 radical (unpaired) electrons. The minimum atomic E-state index is -2.18. The third kappa shape index (κ3) is 8.60. The molecule has 8 aromatic carbocycles. The molecular weight excluding hydrogens is 963 g/mol. The van der Waals surface area contributed by atoms with E-state index in [9.17, 15) is 0 Å². The minimum Gasteiger partial charge on any atom is -0.332 e. The van der Waals surface area contributed by atoms with E-state index in [1.807, 2.05) is 0 Å². The molecule has 305 valence electrons. The molecule has 3 aromatic heterocycles. The number of pyridine rings is 1. The van der Waals surface area contributed by atoms with Crippen LogP contribution >= 0.6 is 11.3 Å². The predicted octanol–water partition coefficient (Wildman–Crippen LogP) is 15.5. The van der Waals surface area contributed by atoms with Gasteiger partial charge >= 0.3 is 0 Å². The molecule has 3 heterocycles. The average molecular weight is 1010 g/mol. The van der Waals surface area contributed by atoms with Crippen molar-refractivity contribution < 1.29 is 28.3 Å². The molecule has 0 saturated heterocycles. The molecule has 11 rings (SSSR count). The van der Waals surface area contributed by atoms with Crippen LogP contribution in [0.15, 0.2) is 212 Å². The summed E-state index contributed by atoms with van der Waals surface area (Å²) in [5, 5.41) is 4.84. The van der Waals surface area contributed by atoms with Crippen molar-refractivity contribution in [3.05, 3.63) is 235 Å². The minimum absolute atomic E-state index is 0. The van der Waals surface area contributed by atoms with Gasteiger partial charge in [-0.25, -0.2) is 0 Å². The van der Waals surface area contributed by atoms with Gasteiger partial charge in [0.25, 0.3) is 0 Å². The molecule has 0 fully saturated rings. The van der Waals surface area contributed by atoms with Crippen molar-refractivity contribution in [3.63, 3.8) is 0 Å². The van der Waals surface area contributed by atoms with Crippen LogP contribution in [0.2, 0.25) is 0 Å². The van der Waals surface area contributed by atoms with Crippen molar-refractivity contribution in [1.82, 2.24) is 14.5 Å². The van der Waals surface area contributed by atoms with Crippen LogP contribution in [0, 0.1) is 25.2 Å². The number of nitrogens with zero attached hydrogens (tertiary/aromatic N) is 3. The number of fused-ring (bicyclic) bond motifs is 2. The molecule has 0 aliphatic carbocycles. The number of thiophene rings is 1. The van der Waals surface area contributed by atoms with Gasteiger partial charge in [-0.15, -0.1) is 40.8 Å². The Morgan fingerprint density at radius 1 is 0.540 bits per heavy atom. The molecule has 0 aliphatic heterocycles. The Hall–Kier alpha value is -7.01. The fourth-order valence-electron chi connectivity index (χ4n) is 7.85. The molecule has 0 saturated carbocycles. The summed E-state index contributed by atoms with van der Waals surface area (Å²) < 4.78 is 47.2. The normalized spacial score (nSPS) is 12.7. The summed E-state index contributed by atoms with van der Waals surface area (Å²) in [5.74, 6) is 0.889. The Morgan fingerprint density at radius 2 is 1.13 bits per heavy atom. The molecule has 0 atom stereocenters. The first-order valence-corrected chi connectivity index (χ1v) is 21.1. The van der Waals surface area contributed by atoms with Gasteiger partial charge in [-0.3, -0.25) is 16.3 Å². The fraction of sp³-hybridized carbons (Fsp3) is 0.0345. The summed E-state index contributed by atoms with van der Waals surface area (Å²) in [4.78, 5) is 9.41. The van der Waals surface area contributed by atoms with Crippen LogP contribution in [-0.2, 0) is 20.1 Å². The van der Waals surface area contributed by atoms with E-state index in [4.69, 9.17) is 13.2 Å². The molecule has 0 bridgehead atoms. The molecular formula is C58H41IrN3S-2. The first-order chi connectivity index (χ1) is 33.0. The zero-order valence-electron chi connectivity index (χ0n) is 39.8. The first-order valence-electron chi connectivity index (χ1n) is 23.3. The maximum atomic E-state index is 7.28. The number of aryl methyl sites for hydroxylation is 2. The van der Waals surface area contributed by atoms with Crippen molar-refractivity contribution in [2.45, 2.75) is 13.7 Å². The van der Waals surface area contributed by atoms with Gasteiger partial charge in [0.05, 0.1) is 22.5 Å². The third-order valence-electron chi connectivity index (χ3n) is 10.9. The second-order valence-electron chi connectivity index (χ2n) is 14.8. The zero-order chi connectivity index (χ0) is 46.8. The van der Waals surface area contributed by atoms with Gasteiger partial charge in [-0.05, 0) is 63.6 Å². The Balaban J connectivity index is 0.000000238. The predicted molar refractivity (Wildman–Crippen MR) is 260 cm³/mol. The van der Waals surface area contributed by atoms with Gasteiger partial charge in [-0.1, -0.05) is 198 Å². The Morgan fingerprint density at radius 3 is 1.75 bits per heavy atom. The van der Waals surface area contributed by atoms with Crippen LogP contribution in [0.25, 0.3) is 94.0 Å². The van der Waals surface area contributed by atoms with E-state index in [0.717, 1.165) is 55.7 Å². The van der Waals surface area contributed by atoms with Crippen molar-refractivity contribution in [3.8, 4) is 72.8 Å². The van der Waals surface area contributed by atoms with Crippen LogP contribution in [0.1, 0.15) is 19.4 Å². The molecule has 63 heavy (non-hydrogen) atoms. The Bertz CT molecular complexity index is 3390. The number of para-hydroxylation sites is 3.